The summed E-state index contributed by atoms with van der Waals surface area (Å²) in [4.78, 5) is 15.9. The largest absolute Gasteiger partial charge is 0.361 e. The Kier molecular flexibility index (Phi) is 5.20. The highest BCUT2D eigenvalue weighted by molar-refractivity contribution is 9.10. The number of carbonyl (C=O) groups is 1. The van der Waals surface area contributed by atoms with E-state index in [0.29, 0.717) is 22.9 Å². The second kappa shape index (κ2) is 6.90. The Morgan fingerprint density at radius 1 is 1.40 bits per heavy atom. The minimum absolute atomic E-state index is 0.0457. The first-order chi connectivity index (χ1) is 9.60. The van der Waals surface area contributed by atoms with Gasteiger partial charge in [0.1, 0.15) is 5.82 Å². The van der Waals surface area contributed by atoms with Crippen LogP contribution in [-0.2, 0) is 4.79 Å². The molecule has 0 fully saturated rings. The van der Waals surface area contributed by atoms with Crippen molar-refractivity contribution in [3.8, 4) is 0 Å². The van der Waals surface area contributed by atoms with Crippen molar-refractivity contribution < 1.29 is 4.79 Å². The second-order valence-electron chi connectivity index (χ2n) is 4.36. The number of anilines is 1. The van der Waals surface area contributed by atoms with Gasteiger partial charge in [0, 0.05) is 16.4 Å². The number of halogens is 2. The van der Waals surface area contributed by atoms with Crippen LogP contribution in [0.4, 0.5) is 5.82 Å². The molecule has 20 heavy (non-hydrogen) atoms. The molecule has 0 bridgehead atoms. The normalized spacial score (nSPS) is 10.6. The Labute approximate surface area is 131 Å². The molecule has 2 rings (SSSR count). The summed E-state index contributed by atoms with van der Waals surface area (Å²) in [5, 5.41) is 7.32. The third-order valence-electron chi connectivity index (χ3n) is 2.71. The van der Waals surface area contributed by atoms with Crippen molar-refractivity contribution in [3.63, 3.8) is 0 Å². The lowest BCUT2D eigenvalue weighted by atomic mass is 10.2. The predicted molar refractivity (Wildman–Crippen MR) is 86.2 cm³/mol. The Morgan fingerprint density at radius 2 is 2.20 bits per heavy atom. The van der Waals surface area contributed by atoms with Crippen molar-refractivity contribution >= 4 is 50.2 Å². The highest BCUT2D eigenvalue weighted by Crippen LogP contribution is 2.27. The van der Waals surface area contributed by atoms with E-state index in [1.807, 2.05) is 25.1 Å². The molecule has 0 aliphatic carbocycles. The maximum atomic E-state index is 11.5. The van der Waals surface area contributed by atoms with Crippen LogP contribution < -0.4 is 10.6 Å². The minimum atomic E-state index is -0.0457. The zero-order chi connectivity index (χ0) is 14.5. The third-order valence-corrected chi connectivity index (χ3v) is 3.46. The van der Waals surface area contributed by atoms with E-state index in [1.54, 1.807) is 6.07 Å². The molecule has 4 nitrogen and oxygen atoms in total. The van der Waals surface area contributed by atoms with Crippen molar-refractivity contribution in [3.05, 3.63) is 33.8 Å². The smallest absolute Gasteiger partial charge is 0.239 e. The first-order valence-corrected chi connectivity index (χ1v) is 7.53. The van der Waals surface area contributed by atoms with Gasteiger partial charge in [0.15, 0.2) is 0 Å². The van der Waals surface area contributed by atoms with Gasteiger partial charge in [-0.25, -0.2) is 4.98 Å². The van der Waals surface area contributed by atoms with Gasteiger partial charge < -0.3 is 10.6 Å². The summed E-state index contributed by atoms with van der Waals surface area (Å²) in [5.41, 5.74) is 0.717. The van der Waals surface area contributed by atoms with Crippen molar-refractivity contribution in [2.45, 2.75) is 13.3 Å². The molecule has 1 aromatic heterocycles. The lowest BCUT2D eigenvalue weighted by Gasteiger charge is -2.08. The van der Waals surface area contributed by atoms with Crippen LogP contribution in [0.1, 0.15) is 13.3 Å². The lowest BCUT2D eigenvalue weighted by Crippen LogP contribution is -2.30. The Hall–Kier alpha value is -1.33. The highest BCUT2D eigenvalue weighted by atomic mass is 79.9. The number of nitrogens with one attached hydrogen (secondary N) is 2. The van der Waals surface area contributed by atoms with Crippen LogP contribution in [0.5, 0.6) is 0 Å². The Balaban J connectivity index is 2.10. The molecule has 0 saturated heterocycles. The van der Waals surface area contributed by atoms with Gasteiger partial charge in [-0.2, -0.15) is 0 Å². The Bertz CT molecular complexity index is 633. The van der Waals surface area contributed by atoms with Crippen LogP contribution >= 0.6 is 27.5 Å². The minimum Gasteiger partial charge on any atom is -0.361 e. The summed E-state index contributed by atoms with van der Waals surface area (Å²) >= 11 is 9.56. The monoisotopic (exact) mass is 355 g/mol. The molecule has 0 aliphatic rings. The van der Waals surface area contributed by atoms with Gasteiger partial charge in [-0.1, -0.05) is 34.5 Å². The SMILES string of the molecule is CCCNC(=O)CNc1ccc2cc(Br)cc(Cl)c2n1. The van der Waals surface area contributed by atoms with E-state index in [1.165, 1.54) is 0 Å². The van der Waals surface area contributed by atoms with Crippen LogP contribution in [0.2, 0.25) is 5.02 Å². The number of benzene rings is 1. The zero-order valence-corrected chi connectivity index (χ0v) is 13.4. The van der Waals surface area contributed by atoms with Crippen LogP contribution in [0.25, 0.3) is 10.9 Å². The average molecular weight is 357 g/mol. The van der Waals surface area contributed by atoms with Gasteiger partial charge in [0.25, 0.3) is 0 Å². The van der Waals surface area contributed by atoms with Crippen molar-refractivity contribution in [1.29, 1.82) is 0 Å². The van der Waals surface area contributed by atoms with E-state index < -0.39 is 0 Å². The van der Waals surface area contributed by atoms with Crippen LogP contribution in [0.3, 0.4) is 0 Å². The molecule has 0 saturated carbocycles. The molecule has 1 aromatic carbocycles. The van der Waals surface area contributed by atoms with Gasteiger partial charge in [0.05, 0.1) is 17.1 Å². The standard InChI is InChI=1S/C14H15BrClN3O/c1-2-5-17-13(20)8-18-12-4-3-9-6-10(15)7-11(16)14(9)19-12/h3-4,6-7H,2,5,8H2,1H3,(H,17,20)(H,18,19). The fraction of sp³-hybridized carbons (Fsp3) is 0.286. The molecule has 1 amide bonds. The Morgan fingerprint density at radius 3 is 2.95 bits per heavy atom. The summed E-state index contributed by atoms with van der Waals surface area (Å²) in [6, 6.07) is 7.50. The van der Waals surface area contributed by atoms with E-state index in [4.69, 9.17) is 11.6 Å². The number of hydrogen-bond acceptors (Lipinski definition) is 3. The summed E-state index contributed by atoms with van der Waals surface area (Å²) in [5.74, 6) is 0.587. The van der Waals surface area contributed by atoms with Crippen LogP contribution in [0.15, 0.2) is 28.7 Å². The van der Waals surface area contributed by atoms with Gasteiger partial charge >= 0.3 is 0 Å². The van der Waals surface area contributed by atoms with Gasteiger partial charge in [-0.05, 0) is 30.7 Å². The van der Waals surface area contributed by atoms with Crippen LogP contribution in [-0.4, -0.2) is 24.0 Å². The molecule has 0 atom stereocenters. The lowest BCUT2D eigenvalue weighted by molar-refractivity contribution is -0.119. The fourth-order valence-electron chi connectivity index (χ4n) is 1.75. The number of carbonyl (C=O) groups excluding carboxylic acids is 1. The average Bonchev–Trinajstić information content (AvgIpc) is 2.43. The summed E-state index contributed by atoms with van der Waals surface area (Å²) in [7, 11) is 0. The summed E-state index contributed by atoms with van der Waals surface area (Å²) in [6.07, 6.45) is 0.921. The number of amides is 1. The quantitative estimate of drug-likeness (QED) is 0.861. The molecular weight excluding hydrogens is 342 g/mol. The summed E-state index contributed by atoms with van der Waals surface area (Å²) < 4.78 is 0.913. The molecular formula is C14H15BrClN3O. The van der Waals surface area contributed by atoms with Crippen molar-refractivity contribution in [1.82, 2.24) is 10.3 Å². The molecule has 106 valence electrons. The predicted octanol–water partition coefficient (Wildman–Crippen LogP) is 3.59. The third kappa shape index (κ3) is 3.84. The molecule has 6 heteroatoms. The molecule has 0 radical (unpaired) electrons. The van der Waals surface area contributed by atoms with Gasteiger partial charge in [-0.3, -0.25) is 4.79 Å². The van der Waals surface area contributed by atoms with Gasteiger partial charge in [-0.15, -0.1) is 0 Å². The topological polar surface area (TPSA) is 54.0 Å². The number of rotatable bonds is 5. The zero-order valence-electron chi connectivity index (χ0n) is 11.0. The maximum Gasteiger partial charge on any atom is 0.239 e. The summed E-state index contributed by atoms with van der Waals surface area (Å²) in [6.45, 7) is 2.90. The molecule has 0 spiro atoms. The fourth-order valence-corrected chi connectivity index (χ4v) is 2.63. The van der Waals surface area contributed by atoms with E-state index in [9.17, 15) is 4.79 Å². The number of nitrogens with zero attached hydrogens (tertiary/aromatic N) is 1. The highest BCUT2D eigenvalue weighted by Gasteiger charge is 2.05. The number of hydrogen-bond donors (Lipinski definition) is 2. The number of pyridine rings is 1. The van der Waals surface area contributed by atoms with Crippen molar-refractivity contribution in [2.24, 2.45) is 0 Å². The molecule has 0 unspecified atom stereocenters. The maximum absolute atomic E-state index is 11.5. The molecule has 2 aromatic rings. The molecule has 1 heterocycles. The van der Waals surface area contributed by atoms with Gasteiger partial charge in [0.2, 0.25) is 5.91 Å². The van der Waals surface area contributed by atoms with E-state index in [0.717, 1.165) is 16.3 Å². The number of aromatic nitrogens is 1. The van der Waals surface area contributed by atoms with Crippen LogP contribution in [0, 0.1) is 0 Å². The molecule has 0 aliphatic heterocycles. The first-order valence-electron chi connectivity index (χ1n) is 6.36. The van der Waals surface area contributed by atoms with Crippen molar-refractivity contribution in [2.75, 3.05) is 18.4 Å². The van der Waals surface area contributed by atoms with E-state index in [-0.39, 0.29) is 12.5 Å². The molecule has 2 N–H and O–H groups in total. The second-order valence-corrected chi connectivity index (χ2v) is 5.68. The number of fused-ring (bicyclic) bond motifs is 1. The first kappa shape index (κ1) is 15.1. The van der Waals surface area contributed by atoms with E-state index >= 15 is 0 Å². The van der Waals surface area contributed by atoms with E-state index in [2.05, 4.69) is 31.5 Å².